The first-order chi connectivity index (χ1) is 9.51. The van der Waals surface area contributed by atoms with E-state index in [-0.39, 0.29) is 23.1 Å². The molecule has 0 radical (unpaired) electrons. The average molecular weight is 322 g/mol. The first-order valence-corrected chi connectivity index (χ1v) is 8.34. The zero-order chi connectivity index (χ0) is 15.0. The van der Waals surface area contributed by atoms with Crippen LogP contribution in [0.15, 0.2) is 23.1 Å². The molecule has 5 nitrogen and oxygen atoms in total. The predicted octanol–water partition coefficient (Wildman–Crippen LogP) is 1.93. The first-order valence-electron chi connectivity index (χ1n) is 6.48. The molecule has 0 heterocycles. The van der Waals surface area contributed by atoms with Crippen LogP contribution in [0.1, 0.15) is 25.3 Å². The van der Waals surface area contributed by atoms with Crippen LogP contribution < -0.4 is 4.72 Å². The number of sulfonamides is 1. The molecular weight excluding hydrogens is 302 g/mol. The van der Waals surface area contributed by atoms with Crippen LogP contribution in [0.3, 0.4) is 0 Å². The molecule has 0 bridgehead atoms. The van der Waals surface area contributed by atoms with Gasteiger partial charge in [0.2, 0.25) is 10.0 Å². The van der Waals surface area contributed by atoms with Gasteiger partial charge in [0.05, 0.1) is 11.6 Å². The fraction of sp³-hybridized carbons (Fsp3) is 0.538. The highest BCUT2D eigenvalue weighted by Gasteiger charge is 2.17. The normalized spacial score (nSPS) is 11.8. The number of rotatable bonds is 9. The van der Waals surface area contributed by atoms with E-state index in [2.05, 4.69) is 4.72 Å². The lowest BCUT2D eigenvalue weighted by atomic mass is 10.2. The van der Waals surface area contributed by atoms with Crippen molar-refractivity contribution >= 4 is 21.6 Å². The number of aliphatic hydroxyl groups excluding tert-OH is 1. The van der Waals surface area contributed by atoms with Gasteiger partial charge in [0, 0.05) is 19.8 Å². The highest BCUT2D eigenvalue weighted by molar-refractivity contribution is 7.89. The third-order valence-electron chi connectivity index (χ3n) is 2.57. The summed E-state index contributed by atoms with van der Waals surface area (Å²) >= 11 is 5.89. The molecule has 0 aromatic heterocycles. The second kappa shape index (κ2) is 8.59. The number of aliphatic hydroxyl groups is 1. The van der Waals surface area contributed by atoms with Gasteiger partial charge in [-0.2, -0.15) is 0 Å². The second-order valence-corrected chi connectivity index (χ2v) is 6.43. The van der Waals surface area contributed by atoms with Crippen molar-refractivity contribution in [1.29, 1.82) is 0 Å². The minimum atomic E-state index is -3.66. The minimum Gasteiger partial charge on any atom is -0.392 e. The van der Waals surface area contributed by atoms with Crippen LogP contribution in [-0.2, 0) is 21.4 Å². The summed E-state index contributed by atoms with van der Waals surface area (Å²) in [6.45, 7) is 3.26. The fourth-order valence-corrected chi connectivity index (χ4v) is 3.18. The lowest BCUT2D eigenvalue weighted by Crippen LogP contribution is -2.26. The third-order valence-corrected chi connectivity index (χ3v) is 4.52. The SMILES string of the molecule is CCCOCCCNS(=O)(=O)c1cc(CO)ccc1Cl. The Morgan fingerprint density at radius 1 is 1.35 bits per heavy atom. The van der Waals surface area contributed by atoms with Gasteiger partial charge in [0.25, 0.3) is 0 Å². The molecule has 0 unspecified atom stereocenters. The smallest absolute Gasteiger partial charge is 0.242 e. The molecule has 0 saturated heterocycles. The predicted molar refractivity (Wildman–Crippen MR) is 78.3 cm³/mol. The minimum absolute atomic E-state index is 0.0137. The summed E-state index contributed by atoms with van der Waals surface area (Å²) in [5.74, 6) is 0. The van der Waals surface area contributed by atoms with Gasteiger partial charge >= 0.3 is 0 Å². The molecule has 0 amide bonds. The number of nitrogens with one attached hydrogen (secondary N) is 1. The zero-order valence-electron chi connectivity index (χ0n) is 11.4. The molecule has 2 N–H and O–H groups in total. The summed E-state index contributed by atoms with van der Waals surface area (Å²) in [5, 5.41) is 9.18. The van der Waals surface area contributed by atoms with E-state index >= 15 is 0 Å². The number of hydrogen-bond donors (Lipinski definition) is 2. The van der Waals surface area contributed by atoms with Crippen molar-refractivity contribution in [3.8, 4) is 0 Å². The largest absolute Gasteiger partial charge is 0.392 e. The van der Waals surface area contributed by atoms with Crippen LogP contribution in [0, 0.1) is 0 Å². The first kappa shape index (κ1) is 17.4. The van der Waals surface area contributed by atoms with Gasteiger partial charge < -0.3 is 9.84 Å². The Kier molecular flexibility index (Phi) is 7.47. The van der Waals surface area contributed by atoms with Crippen LogP contribution in [0.25, 0.3) is 0 Å². The van der Waals surface area contributed by atoms with E-state index < -0.39 is 10.0 Å². The number of halogens is 1. The van der Waals surface area contributed by atoms with E-state index in [1.807, 2.05) is 6.92 Å². The Morgan fingerprint density at radius 3 is 2.75 bits per heavy atom. The summed E-state index contributed by atoms with van der Waals surface area (Å²) in [6.07, 6.45) is 1.53. The third kappa shape index (κ3) is 5.38. The maximum atomic E-state index is 12.1. The van der Waals surface area contributed by atoms with Crippen molar-refractivity contribution < 1.29 is 18.3 Å². The van der Waals surface area contributed by atoms with Crippen molar-refractivity contribution in [2.24, 2.45) is 0 Å². The molecule has 0 saturated carbocycles. The molecule has 0 aliphatic rings. The summed E-state index contributed by atoms with van der Waals surface area (Å²) in [6, 6.07) is 4.42. The summed E-state index contributed by atoms with van der Waals surface area (Å²) < 4.78 is 31.9. The quantitative estimate of drug-likeness (QED) is 0.681. The van der Waals surface area contributed by atoms with E-state index in [1.54, 1.807) is 6.07 Å². The van der Waals surface area contributed by atoms with Crippen LogP contribution in [0.2, 0.25) is 5.02 Å². The average Bonchev–Trinajstić information content (AvgIpc) is 2.43. The van der Waals surface area contributed by atoms with Gasteiger partial charge in [-0.15, -0.1) is 0 Å². The van der Waals surface area contributed by atoms with E-state index in [1.165, 1.54) is 12.1 Å². The van der Waals surface area contributed by atoms with Crippen molar-refractivity contribution in [3.63, 3.8) is 0 Å². The molecule has 114 valence electrons. The molecule has 7 heteroatoms. The van der Waals surface area contributed by atoms with Crippen LogP contribution in [-0.4, -0.2) is 33.3 Å². The van der Waals surface area contributed by atoms with Crippen molar-refractivity contribution in [1.82, 2.24) is 4.72 Å². The number of hydrogen-bond acceptors (Lipinski definition) is 4. The molecule has 0 aliphatic heterocycles. The van der Waals surface area contributed by atoms with Crippen molar-refractivity contribution in [2.45, 2.75) is 31.3 Å². The molecule has 0 aliphatic carbocycles. The molecular formula is C13H20ClNO4S. The molecule has 0 atom stereocenters. The van der Waals surface area contributed by atoms with E-state index in [0.717, 1.165) is 6.42 Å². The Hall–Kier alpha value is -0.660. The summed E-state index contributed by atoms with van der Waals surface area (Å²) in [7, 11) is -3.66. The standard InChI is InChI=1S/C13H20ClNO4S/c1-2-7-19-8-3-6-15-20(17,18)13-9-11(10-16)4-5-12(13)14/h4-5,9,15-16H,2-3,6-8,10H2,1H3. The van der Waals surface area contributed by atoms with Gasteiger partial charge in [-0.25, -0.2) is 13.1 Å². The van der Waals surface area contributed by atoms with E-state index in [4.69, 9.17) is 21.4 Å². The van der Waals surface area contributed by atoms with Crippen LogP contribution in [0.4, 0.5) is 0 Å². The van der Waals surface area contributed by atoms with Crippen molar-refractivity contribution in [3.05, 3.63) is 28.8 Å². The maximum Gasteiger partial charge on any atom is 0.242 e. The van der Waals surface area contributed by atoms with Gasteiger partial charge in [-0.3, -0.25) is 0 Å². The Bertz CT molecular complexity index is 519. The van der Waals surface area contributed by atoms with Gasteiger partial charge in [-0.05, 0) is 30.5 Å². The number of ether oxygens (including phenoxy) is 1. The van der Waals surface area contributed by atoms with Crippen LogP contribution >= 0.6 is 11.6 Å². The monoisotopic (exact) mass is 321 g/mol. The maximum absolute atomic E-state index is 12.1. The Labute approximate surface area is 125 Å². The van der Waals surface area contributed by atoms with E-state index in [0.29, 0.717) is 25.2 Å². The van der Waals surface area contributed by atoms with Crippen molar-refractivity contribution in [2.75, 3.05) is 19.8 Å². The zero-order valence-corrected chi connectivity index (χ0v) is 13.0. The topological polar surface area (TPSA) is 75.6 Å². The highest BCUT2D eigenvalue weighted by Crippen LogP contribution is 2.22. The molecule has 1 rings (SSSR count). The van der Waals surface area contributed by atoms with Gasteiger partial charge in [-0.1, -0.05) is 24.6 Å². The molecule has 0 fully saturated rings. The molecule has 1 aromatic rings. The Balaban J connectivity index is 2.60. The van der Waals surface area contributed by atoms with Gasteiger partial charge in [0.15, 0.2) is 0 Å². The summed E-state index contributed by atoms with van der Waals surface area (Å²) in [4.78, 5) is -0.0137. The lowest BCUT2D eigenvalue weighted by Gasteiger charge is -2.09. The second-order valence-electron chi connectivity index (χ2n) is 4.29. The van der Waals surface area contributed by atoms with Gasteiger partial charge in [0.1, 0.15) is 4.90 Å². The lowest BCUT2D eigenvalue weighted by molar-refractivity contribution is 0.133. The molecule has 20 heavy (non-hydrogen) atoms. The molecule has 0 spiro atoms. The summed E-state index contributed by atoms with van der Waals surface area (Å²) in [5.41, 5.74) is 0.501. The van der Waals surface area contributed by atoms with Crippen LogP contribution in [0.5, 0.6) is 0 Å². The highest BCUT2D eigenvalue weighted by atomic mass is 35.5. The Morgan fingerprint density at radius 2 is 2.10 bits per heavy atom. The number of benzene rings is 1. The van der Waals surface area contributed by atoms with E-state index in [9.17, 15) is 8.42 Å². The molecule has 1 aromatic carbocycles. The fourth-order valence-electron chi connectivity index (χ4n) is 1.56.